The molecular formula is C7H13INO3-. The first-order valence-corrected chi connectivity index (χ1v) is 7.08. The summed E-state index contributed by atoms with van der Waals surface area (Å²) >= 11 is 0.291. The van der Waals surface area contributed by atoms with Crippen LogP contribution >= 0.6 is 0 Å². The molecule has 72 valence electrons. The summed E-state index contributed by atoms with van der Waals surface area (Å²) in [4.78, 5) is 14.7. The first-order chi connectivity index (χ1) is 5.68. The van der Waals surface area contributed by atoms with E-state index in [1.807, 2.05) is 0 Å². The Morgan fingerprint density at radius 1 is 1.67 bits per heavy atom. The van der Waals surface area contributed by atoms with Crippen molar-refractivity contribution in [1.82, 2.24) is 0 Å². The third-order valence-corrected chi connectivity index (χ3v) is 5.35. The summed E-state index contributed by atoms with van der Waals surface area (Å²) in [6.07, 6.45) is 1.62. The molecule has 1 aliphatic rings. The Balaban J connectivity index is 2.35. The van der Waals surface area contributed by atoms with Crippen LogP contribution in [-0.4, -0.2) is 20.0 Å². The summed E-state index contributed by atoms with van der Waals surface area (Å²) in [5, 5.41) is 9.43. The van der Waals surface area contributed by atoms with Crippen molar-refractivity contribution in [2.45, 2.75) is 25.9 Å². The predicted octanol–water partition coefficient (Wildman–Crippen LogP) is -1.92. The van der Waals surface area contributed by atoms with Gasteiger partial charge in [-0.2, -0.15) is 0 Å². The molecule has 0 amide bonds. The molecule has 0 bridgehead atoms. The number of halogens is 1. The second kappa shape index (κ2) is 4.84. The molecule has 1 aliphatic heterocycles. The van der Waals surface area contributed by atoms with E-state index in [1.54, 1.807) is 0 Å². The molecule has 2 atom stereocenters. The zero-order valence-electron chi connectivity index (χ0n) is 7.03. The zero-order valence-corrected chi connectivity index (χ0v) is 9.19. The zero-order chi connectivity index (χ0) is 8.97. The van der Waals surface area contributed by atoms with E-state index in [0.717, 1.165) is 12.8 Å². The Morgan fingerprint density at radius 2 is 2.42 bits per heavy atom. The van der Waals surface area contributed by atoms with Gasteiger partial charge in [-0.3, -0.25) is 0 Å². The molecular weight excluding hydrogens is 273 g/mol. The normalized spacial score (nSPS) is 31.4. The Hall–Kier alpha value is -0.0700. The number of alkyl halides is 2. The van der Waals surface area contributed by atoms with Crippen LogP contribution in [0.1, 0.15) is 19.8 Å². The van der Waals surface area contributed by atoms with Crippen LogP contribution in [0.25, 0.3) is 0 Å². The Labute approximate surface area is 82.0 Å². The van der Waals surface area contributed by atoms with Gasteiger partial charge in [-0.05, 0) is 0 Å². The molecule has 4 nitrogen and oxygen atoms in total. The number of rotatable bonds is 2. The van der Waals surface area contributed by atoms with Gasteiger partial charge in [0, 0.05) is 0 Å². The van der Waals surface area contributed by atoms with Crippen molar-refractivity contribution in [2.24, 2.45) is 5.92 Å². The van der Waals surface area contributed by atoms with E-state index in [4.69, 9.17) is 0 Å². The van der Waals surface area contributed by atoms with Crippen molar-refractivity contribution in [3.63, 3.8) is 0 Å². The van der Waals surface area contributed by atoms with Gasteiger partial charge in [0.05, 0.1) is 0 Å². The minimum atomic E-state index is -0.652. The fourth-order valence-electron chi connectivity index (χ4n) is 1.31. The summed E-state index contributed by atoms with van der Waals surface area (Å²) in [5.41, 5.74) is 0. The number of hydrogen-bond donors (Lipinski definition) is 0. The van der Waals surface area contributed by atoms with Gasteiger partial charge < -0.3 is 0 Å². The van der Waals surface area contributed by atoms with Crippen molar-refractivity contribution in [2.75, 3.05) is 8.86 Å². The number of nitrogens with zero attached hydrogens (tertiary/aromatic N) is 1. The van der Waals surface area contributed by atoms with Crippen LogP contribution in [0, 0.1) is 16.0 Å². The molecule has 0 aromatic carbocycles. The Morgan fingerprint density at radius 3 is 3.08 bits per heavy atom. The third kappa shape index (κ3) is 3.55. The fraction of sp³-hybridized carbons (Fsp3) is 1.00. The number of hydrogen-bond acceptors (Lipinski definition) is 3. The second-order valence-corrected chi connectivity index (χ2v) is 6.15. The maximum atomic E-state index is 10.1. The van der Waals surface area contributed by atoms with E-state index in [1.165, 1.54) is 8.86 Å². The molecule has 0 aromatic heterocycles. The van der Waals surface area contributed by atoms with E-state index in [-0.39, 0.29) is 6.10 Å². The van der Waals surface area contributed by atoms with Crippen molar-refractivity contribution in [1.29, 1.82) is 0 Å². The summed E-state index contributed by atoms with van der Waals surface area (Å²) in [7, 11) is 0. The summed E-state index contributed by atoms with van der Waals surface area (Å²) in [6.45, 7) is 2.15. The van der Waals surface area contributed by atoms with Crippen LogP contribution < -0.4 is 21.2 Å². The van der Waals surface area contributed by atoms with Gasteiger partial charge in [-0.1, -0.05) is 0 Å². The molecule has 12 heavy (non-hydrogen) atoms. The Bertz CT molecular complexity index is 165. The molecule has 0 spiro atoms. The second-order valence-electron chi connectivity index (χ2n) is 3.11. The van der Waals surface area contributed by atoms with Gasteiger partial charge in [0.25, 0.3) is 0 Å². The summed E-state index contributed by atoms with van der Waals surface area (Å²) in [6, 6.07) is 0. The Kier molecular flexibility index (Phi) is 4.03. The molecule has 5 heteroatoms. The molecule has 0 N–H and O–H groups in total. The van der Waals surface area contributed by atoms with Gasteiger partial charge in [-0.15, -0.1) is 0 Å². The molecule has 2 unspecified atom stereocenters. The van der Waals surface area contributed by atoms with E-state index in [2.05, 4.69) is 11.8 Å². The summed E-state index contributed by atoms with van der Waals surface area (Å²) < 4.78 is 2.46. The van der Waals surface area contributed by atoms with Crippen molar-refractivity contribution >= 4 is 0 Å². The van der Waals surface area contributed by atoms with Crippen molar-refractivity contribution < 1.29 is 31.1 Å². The summed E-state index contributed by atoms with van der Waals surface area (Å²) in [5.74, 6) is 0.616. The van der Waals surface area contributed by atoms with Gasteiger partial charge in [0.1, 0.15) is 0 Å². The molecule has 1 fully saturated rings. The third-order valence-electron chi connectivity index (χ3n) is 1.84. The first kappa shape index (κ1) is 10.0. The van der Waals surface area contributed by atoms with Gasteiger partial charge in [0.15, 0.2) is 0 Å². The average Bonchev–Trinajstić information content (AvgIpc) is 2.12. The van der Waals surface area contributed by atoms with E-state index >= 15 is 0 Å². The van der Waals surface area contributed by atoms with E-state index < -0.39 is 5.09 Å². The molecule has 0 radical (unpaired) electrons. The monoisotopic (exact) mass is 286 g/mol. The minimum absolute atomic E-state index is 0.128. The van der Waals surface area contributed by atoms with E-state index in [0.29, 0.717) is 27.1 Å². The van der Waals surface area contributed by atoms with Crippen LogP contribution in [0.4, 0.5) is 0 Å². The SMILES string of the molecule is CC1C[I-]CCC(O[N+](=O)[O-])C1. The average molecular weight is 286 g/mol. The molecule has 1 heterocycles. The van der Waals surface area contributed by atoms with Crippen LogP contribution in [0.15, 0.2) is 0 Å². The van der Waals surface area contributed by atoms with Crippen LogP contribution in [0.5, 0.6) is 0 Å². The van der Waals surface area contributed by atoms with Gasteiger partial charge in [-0.25, -0.2) is 0 Å². The first-order valence-electron chi connectivity index (χ1n) is 4.03. The molecule has 0 aliphatic carbocycles. The van der Waals surface area contributed by atoms with Crippen molar-refractivity contribution in [3.8, 4) is 0 Å². The standard InChI is InChI=1S/C7H13INO3/c1-6-4-7(12-9(10)11)2-3-8-5-6/h6-7H,2-5H2,1H3/q-1. The van der Waals surface area contributed by atoms with Crippen LogP contribution in [0.2, 0.25) is 0 Å². The molecule has 1 rings (SSSR count). The topological polar surface area (TPSA) is 52.4 Å². The maximum absolute atomic E-state index is 10.1. The van der Waals surface area contributed by atoms with Crippen LogP contribution in [-0.2, 0) is 4.84 Å². The molecule has 1 saturated heterocycles. The van der Waals surface area contributed by atoms with Crippen LogP contribution in [0.3, 0.4) is 0 Å². The van der Waals surface area contributed by atoms with Gasteiger partial charge in [0.2, 0.25) is 0 Å². The fourth-order valence-corrected chi connectivity index (χ4v) is 4.31. The van der Waals surface area contributed by atoms with Crippen molar-refractivity contribution in [3.05, 3.63) is 10.1 Å². The predicted molar refractivity (Wildman–Crippen MR) is 40.0 cm³/mol. The van der Waals surface area contributed by atoms with E-state index in [9.17, 15) is 10.1 Å². The van der Waals surface area contributed by atoms with Gasteiger partial charge >= 0.3 is 81.9 Å². The molecule has 0 saturated carbocycles. The quantitative estimate of drug-likeness (QED) is 0.257. The molecule has 0 aromatic rings.